The van der Waals surface area contributed by atoms with Gasteiger partial charge in [0.15, 0.2) is 0 Å². The van der Waals surface area contributed by atoms with Crippen LogP contribution in [0, 0.1) is 11.8 Å². The number of nitrogens with zero attached hydrogens (tertiary/aromatic N) is 1. The highest BCUT2D eigenvalue weighted by molar-refractivity contribution is 5.85. The van der Waals surface area contributed by atoms with Crippen molar-refractivity contribution in [2.24, 2.45) is 17.6 Å². The number of carbonyl (C=O) groups excluding carboxylic acids is 1. The Labute approximate surface area is 121 Å². The van der Waals surface area contributed by atoms with Crippen molar-refractivity contribution in [1.29, 1.82) is 0 Å². The van der Waals surface area contributed by atoms with Crippen molar-refractivity contribution in [3.63, 3.8) is 0 Å². The normalized spacial score (nSPS) is 36.2. The second kappa shape index (κ2) is 5.98. The predicted octanol–water partition coefficient (Wildman–Crippen LogP) is 1.13. The summed E-state index contributed by atoms with van der Waals surface area (Å²) in [5.41, 5.74) is 6.22. The van der Waals surface area contributed by atoms with Crippen molar-refractivity contribution in [3.8, 4) is 0 Å². The maximum absolute atomic E-state index is 12.1. The summed E-state index contributed by atoms with van der Waals surface area (Å²) in [6.07, 6.45) is 6.05. The van der Waals surface area contributed by atoms with Crippen molar-refractivity contribution in [2.75, 3.05) is 13.1 Å². The van der Waals surface area contributed by atoms with Gasteiger partial charge in [-0.3, -0.25) is 9.69 Å². The molecule has 2 aliphatic carbocycles. The lowest BCUT2D eigenvalue weighted by atomic mass is 9.78. The first kappa shape index (κ1) is 15.1. The highest BCUT2D eigenvalue weighted by Crippen LogP contribution is 2.36. The molecule has 0 bridgehead atoms. The van der Waals surface area contributed by atoms with E-state index in [4.69, 9.17) is 5.73 Å². The van der Waals surface area contributed by atoms with Crippen LogP contribution >= 0.6 is 12.4 Å². The Morgan fingerprint density at radius 2 is 2.00 bits per heavy atom. The number of hydrogen-bond donors (Lipinski definition) is 2. The summed E-state index contributed by atoms with van der Waals surface area (Å²) in [7, 11) is 0. The van der Waals surface area contributed by atoms with Crippen LogP contribution in [0.3, 0.4) is 0 Å². The maximum atomic E-state index is 12.1. The Morgan fingerprint density at radius 1 is 1.26 bits per heavy atom. The molecular formula is C14H26ClN3O. The number of nitrogens with one attached hydrogen (secondary N) is 1. The highest BCUT2D eigenvalue weighted by atomic mass is 35.5. The van der Waals surface area contributed by atoms with E-state index in [0.29, 0.717) is 18.0 Å². The van der Waals surface area contributed by atoms with Gasteiger partial charge in [-0.25, -0.2) is 0 Å². The monoisotopic (exact) mass is 287 g/mol. The molecule has 0 spiro atoms. The van der Waals surface area contributed by atoms with E-state index in [9.17, 15) is 4.79 Å². The zero-order valence-corrected chi connectivity index (χ0v) is 12.5. The topological polar surface area (TPSA) is 58.4 Å². The van der Waals surface area contributed by atoms with Gasteiger partial charge in [-0.1, -0.05) is 6.42 Å². The molecule has 1 heterocycles. The van der Waals surface area contributed by atoms with Crippen LogP contribution < -0.4 is 11.1 Å². The average Bonchev–Trinajstić information content (AvgIpc) is 3.04. The summed E-state index contributed by atoms with van der Waals surface area (Å²) in [6.45, 7) is 4.13. The molecular weight excluding hydrogens is 262 g/mol. The molecule has 2 saturated carbocycles. The highest BCUT2D eigenvalue weighted by Gasteiger charge is 2.41. The summed E-state index contributed by atoms with van der Waals surface area (Å²) in [5, 5.41) is 3.11. The zero-order valence-electron chi connectivity index (χ0n) is 11.7. The standard InChI is InChI=1S/C14H25N3O.ClH/c1-9(14(18)16-11-5-6-11)17-7-10-3-2-4-13(15)12(10)8-17;/h9-13H,2-8,15H2,1H3,(H,16,18);1H. The molecule has 1 aliphatic heterocycles. The molecule has 0 radical (unpaired) electrons. The van der Waals surface area contributed by atoms with Gasteiger partial charge in [0.2, 0.25) is 5.91 Å². The number of rotatable bonds is 3. The van der Waals surface area contributed by atoms with Crippen molar-refractivity contribution in [2.45, 2.75) is 57.2 Å². The molecule has 0 aromatic rings. The third-order valence-corrected chi connectivity index (χ3v) is 5.03. The molecule has 3 fully saturated rings. The third kappa shape index (κ3) is 3.23. The number of fused-ring (bicyclic) bond motifs is 1. The lowest BCUT2D eigenvalue weighted by Crippen LogP contribution is -2.45. The largest absolute Gasteiger partial charge is 0.352 e. The summed E-state index contributed by atoms with van der Waals surface area (Å²) in [4.78, 5) is 14.4. The fourth-order valence-corrected chi connectivity index (χ4v) is 3.58. The maximum Gasteiger partial charge on any atom is 0.237 e. The van der Waals surface area contributed by atoms with Crippen LogP contribution in [0.4, 0.5) is 0 Å². The van der Waals surface area contributed by atoms with Crippen LogP contribution in [0.15, 0.2) is 0 Å². The molecule has 3 aliphatic rings. The van der Waals surface area contributed by atoms with Crippen LogP contribution in [-0.4, -0.2) is 42.0 Å². The fourth-order valence-electron chi connectivity index (χ4n) is 3.58. The molecule has 1 amide bonds. The minimum atomic E-state index is 0. The lowest BCUT2D eigenvalue weighted by Gasteiger charge is -2.30. The Hall–Kier alpha value is -0.320. The molecule has 0 aromatic heterocycles. The quantitative estimate of drug-likeness (QED) is 0.818. The van der Waals surface area contributed by atoms with Gasteiger partial charge in [-0.05, 0) is 44.4 Å². The summed E-state index contributed by atoms with van der Waals surface area (Å²) in [6, 6.07) is 0.836. The van der Waals surface area contributed by atoms with Crippen LogP contribution in [0.1, 0.15) is 39.0 Å². The Kier molecular flexibility index (Phi) is 4.75. The lowest BCUT2D eigenvalue weighted by molar-refractivity contribution is -0.125. The molecule has 4 unspecified atom stereocenters. The van der Waals surface area contributed by atoms with Gasteiger partial charge in [0.25, 0.3) is 0 Å². The van der Waals surface area contributed by atoms with Crippen LogP contribution in [0.2, 0.25) is 0 Å². The first-order valence-electron chi connectivity index (χ1n) is 7.45. The Morgan fingerprint density at radius 3 is 2.63 bits per heavy atom. The van der Waals surface area contributed by atoms with Crippen LogP contribution in [-0.2, 0) is 4.79 Å². The van der Waals surface area contributed by atoms with E-state index in [1.54, 1.807) is 0 Å². The van der Waals surface area contributed by atoms with E-state index in [1.807, 2.05) is 6.92 Å². The van der Waals surface area contributed by atoms with Gasteiger partial charge in [0.05, 0.1) is 6.04 Å². The van der Waals surface area contributed by atoms with Gasteiger partial charge < -0.3 is 11.1 Å². The van der Waals surface area contributed by atoms with Crippen molar-refractivity contribution < 1.29 is 4.79 Å². The SMILES string of the molecule is CC(C(=O)NC1CC1)N1CC2CCCC(N)C2C1.Cl. The first-order valence-corrected chi connectivity index (χ1v) is 7.45. The summed E-state index contributed by atoms with van der Waals surface area (Å²) in [5.74, 6) is 1.56. The van der Waals surface area contributed by atoms with Gasteiger partial charge in [-0.15, -0.1) is 12.4 Å². The van der Waals surface area contributed by atoms with Crippen LogP contribution in [0.25, 0.3) is 0 Å². The first-order chi connectivity index (χ1) is 8.65. The van der Waals surface area contributed by atoms with E-state index in [1.165, 1.54) is 12.8 Å². The van der Waals surface area contributed by atoms with Gasteiger partial charge in [-0.2, -0.15) is 0 Å². The minimum Gasteiger partial charge on any atom is -0.352 e. The number of halogens is 1. The summed E-state index contributed by atoms with van der Waals surface area (Å²) >= 11 is 0. The number of hydrogen-bond acceptors (Lipinski definition) is 3. The molecule has 19 heavy (non-hydrogen) atoms. The van der Waals surface area contributed by atoms with Gasteiger partial charge in [0.1, 0.15) is 0 Å². The van der Waals surface area contributed by atoms with Crippen molar-refractivity contribution >= 4 is 18.3 Å². The number of likely N-dealkylation sites (tertiary alicyclic amines) is 1. The van der Waals surface area contributed by atoms with Gasteiger partial charge in [0, 0.05) is 25.2 Å². The molecule has 3 rings (SSSR count). The fraction of sp³-hybridized carbons (Fsp3) is 0.929. The van der Waals surface area contributed by atoms with Crippen LogP contribution in [0.5, 0.6) is 0 Å². The van der Waals surface area contributed by atoms with Gasteiger partial charge >= 0.3 is 0 Å². The number of nitrogens with two attached hydrogens (primary N) is 1. The van der Waals surface area contributed by atoms with E-state index in [-0.39, 0.29) is 24.4 Å². The third-order valence-electron chi connectivity index (χ3n) is 5.03. The van der Waals surface area contributed by atoms with E-state index < -0.39 is 0 Å². The number of amides is 1. The number of carbonyl (C=O) groups is 1. The molecule has 110 valence electrons. The molecule has 4 atom stereocenters. The smallest absolute Gasteiger partial charge is 0.237 e. The molecule has 5 heteroatoms. The second-order valence-corrected chi connectivity index (χ2v) is 6.43. The Bertz CT molecular complexity index is 335. The molecule has 3 N–H and O–H groups in total. The van der Waals surface area contributed by atoms with E-state index in [0.717, 1.165) is 38.3 Å². The van der Waals surface area contributed by atoms with Crippen molar-refractivity contribution in [1.82, 2.24) is 10.2 Å². The minimum absolute atomic E-state index is 0. The average molecular weight is 288 g/mol. The summed E-state index contributed by atoms with van der Waals surface area (Å²) < 4.78 is 0. The van der Waals surface area contributed by atoms with Crippen molar-refractivity contribution in [3.05, 3.63) is 0 Å². The molecule has 4 nitrogen and oxygen atoms in total. The Balaban J connectivity index is 0.00000133. The molecule has 0 aromatic carbocycles. The molecule has 1 saturated heterocycles. The van der Waals surface area contributed by atoms with E-state index in [2.05, 4.69) is 10.2 Å². The van der Waals surface area contributed by atoms with E-state index >= 15 is 0 Å². The zero-order chi connectivity index (χ0) is 12.7. The second-order valence-electron chi connectivity index (χ2n) is 6.43. The predicted molar refractivity (Wildman–Crippen MR) is 78.3 cm³/mol.